The number of carbonyl (C=O) groups is 1. The van der Waals surface area contributed by atoms with Gasteiger partial charge in [-0.15, -0.1) is 0 Å². The zero-order valence-electron chi connectivity index (χ0n) is 9.29. The first-order chi connectivity index (χ1) is 8.25. The van der Waals surface area contributed by atoms with Gasteiger partial charge in [0.2, 0.25) is 0 Å². The average Bonchev–Trinajstić information content (AvgIpc) is 3.04. The Morgan fingerprint density at radius 1 is 1.47 bits per heavy atom. The van der Waals surface area contributed by atoms with Crippen molar-refractivity contribution >= 4 is 16.7 Å². The van der Waals surface area contributed by atoms with E-state index in [4.69, 9.17) is 0 Å². The fourth-order valence-corrected chi connectivity index (χ4v) is 1.97. The summed E-state index contributed by atoms with van der Waals surface area (Å²) in [5.41, 5.74) is 0.968. The van der Waals surface area contributed by atoms with E-state index in [0.717, 1.165) is 12.8 Å². The maximum absolute atomic E-state index is 13.4. The molecule has 0 aliphatic heterocycles. The number of nitrogens with one attached hydrogen (secondary N) is 2. The second kappa shape index (κ2) is 3.96. The minimum atomic E-state index is -0.322. The Kier molecular flexibility index (Phi) is 2.44. The second-order valence-electron chi connectivity index (χ2n) is 4.44. The molecule has 1 aliphatic rings. The molecular weight excluding hydrogens is 219 g/mol. The van der Waals surface area contributed by atoms with E-state index in [9.17, 15) is 9.18 Å². The van der Waals surface area contributed by atoms with Gasteiger partial charge >= 0.3 is 0 Å². The number of hydrogen-bond donors (Lipinski definition) is 2. The standard InChI is InChI=1S/C13H13FN2O/c14-11-3-1-2-9-10(6-16-13(9)11)12(17)7-15-8-4-5-8/h1-3,6,8,15-16H,4-5,7H2. The van der Waals surface area contributed by atoms with Crippen LogP contribution in [0.5, 0.6) is 0 Å². The molecule has 4 heteroatoms. The van der Waals surface area contributed by atoms with Crippen molar-refractivity contribution in [3.63, 3.8) is 0 Å². The third-order valence-electron chi connectivity index (χ3n) is 3.09. The summed E-state index contributed by atoms with van der Waals surface area (Å²) in [4.78, 5) is 14.8. The highest BCUT2D eigenvalue weighted by Gasteiger charge is 2.22. The van der Waals surface area contributed by atoms with Crippen LogP contribution in [0.25, 0.3) is 10.9 Å². The molecular formula is C13H13FN2O. The maximum Gasteiger partial charge on any atom is 0.178 e. The molecule has 88 valence electrons. The Morgan fingerprint density at radius 2 is 2.29 bits per heavy atom. The molecule has 0 bridgehead atoms. The number of fused-ring (bicyclic) bond motifs is 1. The van der Waals surface area contributed by atoms with Gasteiger partial charge in [0.05, 0.1) is 12.1 Å². The van der Waals surface area contributed by atoms with Gasteiger partial charge in [0.1, 0.15) is 5.82 Å². The predicted octanol–water partition coefficient (Wildman–Crippen LogP) is 2.24. The fraction of sp³-hybridized carbons (Fsp3) is 0.308. The molecule has 3 nitrogen and oxygen atoms in total. The van der Waals surface area contributed by atoms with Gasteiger partial charge in [0.25, 0.3) is 0 Å². The van der Waals surface area contributed by atoms with Crippen LogP contribution in [0, 0.1) is 5.82 Å². The number of aromatic nitrogens is 1. The van der Waals surface area contributed by atoms with E-state index in [1.54, 1.807) is 18.3 Å². The molecule has 0 radical (unpaired) electrons. The number of H-pyrrole nitrogens is 1. The highest BCUT2D eigenvalue weighted by atomic mass is 19.1. The van der Waals surface area contributed by atoms with Crippen molar-refractivity contribution in [1.82, 2.24) is 10.3 Å². The first kappa shape index (κ1) is 10.5. The lowest BCUT2D eigenvalue weighted by Gasteiger charge is -2.01. The summed E-state index contributed by atoms with van der Waals surface area (Å²) in [5, 5.41) is 3.83. The SMILES string of the molecule is O=C(CNC1CC1)c1c[nH]c2c(F)cccc12. The molecule has 1 aromatic carbocycles. The van der Waals surface area contributed by atoms with E-state index in [1.807, 2.05) is 0 Å². The quantitative estimate of drug-likeness (QED) is 0.794. The number of hydrogen-bond acceptors (Lipinski definition) is 2. The first-order valence-electron chi connectivity index (χ1n) is 5.78. The molecule has 1 aromatic heterocycles. The molecule has 2 aromatic rings. The van der Waals surface area contributed by atoms with Gasteiger partial charge in [-0.1, -0.05) is 12.1 Å². The zero-order chi connectivity index (χ0) is 11.8. The number of carbonyl (C=O) groups excluding carboxylic acids is 1. The molecule has 0 amide bonds. The van der Waals surface area contributed by atoms with E-state index in [1.165, 1.54) is 6.07 Å². The van der Waals surface area contributed by atoms with E-state index in [-0.39, 0.29) is 11.6 Å². The van der Waals surface area contributed by atoms with E-state index in [2.05, 4.69) is 10.3 Å². The lowest BCUT2D eigenvalue weighted by Crippen LogP contribution is -2.24. The third-order valence-corrected chi connectivity index (χ3v) is 3.09. The molecule has 17 heavy (non-hydrogen) atoms. The zero-order valence-corrected chi connectivity index (χ0v) is 9.29. The maximum atomic E-state index is 13.4. The smallest absolute Gasteiger partial charge is 0.178 e. The van der Waals surface area contributed by atoms with Crippen LogP contribution in [-0.4, -0.2) is 23.4 Å². The minimum Gasteiger partial charge on any atom is -0.358 e. The summed E-state index contributed by atoms with van der Waals surface area (Å²) < 4.78 is 13.4. The van der Waals surface area contributed by atoms with Gasteiger partial charge < -0.3 is 10.3 Å². The van der Waals surface area contributed by atoms with Crippen molar-refractivity contribution < 1.29 is 9.18 Å². The number of aromatic amines is 1. The Labute approximate surface area is 98.0 Å². The van der Waals surface area contributed by atoms with E-state index in [0.29, 0.717) is 29.1 Å². The monoisotopic (exact) mass is 232 g/mol. The Balaban J connectivity index is 1.88. The molecule has 1 aliphatic carbocycles. The van der Waals surface area contributed by atoms with Crippen molar-refractivity contribution in [2.45, 2.75) is 18.9 Å². The summed E-state index contributed by atoms with van der Waals surface area (Å²) in [5.74, 6) is -0.314. The van der Waals surface area contributed by atoms with Crippen LogP contribution in [0.3, 0.4) is 0 Å². The third kappa shape index (κ3) is 1.96. The van der Waals surface area contributed by atoms with Gasteiger partial charge in [-0.2, -0.15) is 0 Å². The Morgan fingerprint density at radius 3 is 3.06 bits per heavy atom. The van der Waals surface area contributed by atoms with Gasteiger partial charge in [0.15, 0.2) is 5.78 Å². The van der Waals surface area contributed by atoms with Gasteiger partial charge in [-0.3, -0.25) is 4.79 Å². The van der Waals surface area contributed by atoms with Crippen LogP contribution in [-0.2, 0) is 0 Å². The molecule has 2 N–H and O–H groups in total. The predicted molar refractivity (Wildman–Crippen MR) is 63.6 cm³/mol. The largest absolute Gasteiger partial charge is 0.358 e. The molecule has 0 unspecified atom stereocenters. The number of ketones is 1. The molecule has 0 saturated heterocycles. The lowest BCUT2D eigenvalue weighted by molar-refractivity contribution is 0.0992. The molecule has 1 fully saturated rings. The highest BCUT2D eigenvalue weighted by Crippen LogP contribution is 2.22. The number of rotatable bonds is 4. The van der Waals surface area contributed by atoms with Crippen LogP contribution >= 0.6 is 0 Å². The van der Waals surface area contributed by atoms with Crippen molar-refractivity contribution in [2.75, 3.05) is 6.54 Å². The molecule has 3 rings (SSSR count). The average molecular weight is 232 g/mol. The van der Waals surface area contributed by atoms with Crippen molar-refractivity contribution in [1.29, 1.82) is 0 Å². The Bertz CT molecular complexity index is 572. The van der Waals surface area contributed by atoms with Crippen LogP contribution in [0.1, 0.15) is 23.2 Å². The van der Waals surface area contributed by atoms with Crippen LogP contribution < -0.4 is 5.32 Å². The van der Waals surface area contributed by atoms with Crippen molar-refractivity contribution in [3.05, 3.63) is 35.8 Å². The highest BCUT2D eigenvalue weighted by molar-refractivity contribution is 6.08. The first-order valence-corrected chi connectivity index (χ1v) is 5.78. The van der Waals surface area contributed by atoms with Gasteiger partial charge in [0, 0.05) is 23.2 Å². The number of Topliss-reactive ketones (excluding diaryl/α,β-unsaturated/α-hetero) is 1. The minimum absolute atomic E-state index is 0.00810. The summed E-state index contributed by atoms with van der Waals surface area (Å²) in [6, 6.07) is 5.27. The summed E-state index contributed by atoms with van der Waals surface area (Å²) >= 11 is 0. The second-order valence-corrected chi connectivity index (χ2v) is 4.44. The summed E-state index contributed by atoms with van der Waals surface area (Å²) in [6.45, 7) is 0.328. The van der Waals surface area contributed by atoms with Crippen molar-refractivity contribution in [3.8, 4) is 0 Å². The number of para-hydroxylation sites is 1. The molecule has 0 atom stereocenters. The van der Waals surface area contributed by atoms with Gasteiger partial charge in [-0.25, -0.2) is 4.39 Å². The lowest BCUT2D eigenvalue weighted by atomic mass is 10.1. The number of benzene rings is 1. The van der Waals surface area contributed by atoms with Crippen LogP contribution in [0.15, 0.2) is 24.4 Å². The topological polar surface area (TPSA) is 44.9 Å². The molecule has 0 spiro atoms. The van der Waals surface area contributed by atoms with Gasteiger partial charge in [-0.05, 0) is 18.9 Å². The molecule has 1 saturated carbocycles. The fourth-order valence-electron chi connectivity index (χ4n) is 1.97. The summed E-state index contributed by atoms with van der Waals surface area (Å²) in [6.07, 6.45) is 3.89. The van der Waals surface area contributed by atoms with E-state index < -0.39 is 0 Å². The van der Waals surface area contributed by atoms with Crippen molar-refractivity contribution in [2.24, 2.45) is 0 Å². The van der Waals surface area contributed by atoms with Crippen LogP contribution in [0.4, 0.5) is 4.39 Å². The van der Waals surface area contributed by atoms with E-state index >= 15 is 0 Å². The van der Waals surface area contributed by atoms with Crippen LogP contribution in [0.2, 0.25) is 0 Å². The normalized spacial score (nSPS) is 15.4. The molecule has 1 heterocycles. The Hall–Kier alpha value is -1.68. The summed E-state index contributed by atoms with van der Waals surface area (Å²) in [7, 11) is 0. The number of halogens is 1.